The van der Waals surface area contributed by atoms with Crippen LogP contribution in [0.3, 0.4) is 0 Å². The number of amides is 1. The number of halogens is 2. The van der Waals surface area contributed by atoms with Crippen LogP contribution in [0.2, 0.25) is 5.02 Å². The number of carbonyl (C=O) groups is 1. The van der Waals surface area contributed by atoms with E-state index in [-0.39, 0.29) is 12.5 Å². The number of hydrogen-bond donors (Lipinski definition) is 2. The van der Waals surface area contributed by atoms with Gasteiger partial charge in [0, 0.05) is 8.59 Å². The van der Waals surface area contributed by atoms with E-state index in [1.54, 1.807) is 18.2 Å². The largest absolute Gasteiger partial charge is 0.394 e. The normalized spacial score (nSPS) is 11.9. The summed E-state index contributed by atoms with van der Waals surface area (Å²) in [4.78, 5) is 12.3. The fourth-order valence-electron chi connectivity index (χ4n) is 1.83. The molecule has 0 spiro atoms. The van der Waals surface area contributed by atoms with E-state index in [0.29, 0.717) is 10.6 Å². The third-order valence-corrected chi connectivity index (χ3v) is 4.04. The summed E-state index contributed by atoms with van der Waals surface area (Å²) in [5, 5.41) is 12.8. The van der Waals surface area contributed by atoms with Crippen molar-refractivity contribution in [1.29, 1.82) is 0 Å². The Bertz CT molecular complexity index is 604. The molecule has 0 bridgehead atoms. The van der Waals surface area contributed by atoms with Crippen LogP contribution in [0.25, 0.3) is 0 Å². The molecular formula is C15H13ClINO2. The summed E-state index contributed by atoms with van der Waals surface area (Å²) >= 11 is 8.00. The third-order valence-electron chi connectivity index (χ3n) is 2.86. The molecule has 0 saturated carbocycles. The first-order valence-electron chi connectivity index (χ1n) is 6.03. The van der Waals surface area contributed by atoms with Gasteiger partial charge >= 0.3 is 0 Å². The number of rotatable bonds is 4. The molecule has 20 heavy (non-hydrogen) atoms. The first kappa shape index (κ1) is 15.3. The van der Waals surface area contributed by atoms with Gasteiger partial charge in [0.1, 0.15) is 0 Å². The van der Waals surface area contributed by atoms with Crippen LogP contribution in [0.5, 0.6) is 0 Å². The van der Waals surface area contributed by atoms with Gasteiger partial charge in [0.2, 0.25) is 0 Å². The lowest BCUT2D eigenvalue weighted by Gasteiger charge is -2.17. The average Bonchev–Trinajstić information content (AvgIpc) is 2.48. The molecule has 2 aromatic carbocycles. The molecule has 104 valence electrons. The second kappa shape index (κ2) is 7.06. The van der Waals surface area contributed by atoms with Gasteiger partial charge in [0.05, 0.1) is 18.2 Å². The minimum absolute atomic E-state index is 0.160. The molecule has 5 heteroatoms. The minimum Gasteiger partial charge on any atom is -0.394 e. The second-order valence-electron chi connectivity index (χ2n) is 4.24. The molecule has 0 heterocycles. The average molecular weight is 402 g/mol. The number of aliphatic hydroxyl groups is 1. The third kappa shape index (κ3) is 3.71. The lowest BCUT2D eigenvalue weighted by atomic mass is 10.1. The van der Waals surface area contributed by atoms with Crippen LogP contribution in [-0.4, -0.2) is 17.6 Å². The molecule has 0 radical (unpaired) electrons. The fraction of sp³-hybridized carbons (Fsp3) is 0.133. The van der Waals surface area contributed by atoms with Crippen molar-refractivity contribution in [1.82, 2.24) is 5.32 Å². The number of hydrogen-bond acceptors (Lipinski definition) is 2. The minimum atomic E-state index is -0.432. The van der Waals surface area contributed by atoms with E-state index in [0.717, 1.165) is 9.13 Å². The van der Waals surface area contributed by atoms with Crippen molar-refractivity contribution < 1.29 is 9.90 Å². The standard InChI is InChI=1S/C15H13ClINO2/c16-11-6-7-13(17)12(8-11)15(20)18-14(9-19)10-4-2-1-3-5-10/h1-8,14,19H,9H2,(H,18,20)/t14-/m0/s1. The van der Waals surface area contributed by atoms with Crippen LogP contribution in [0, 0.1) is 3.57 Å². The summed E-state index contributed by atoms with van der Waals surface area (Å²) in [6.45, 7) is -0.160. The fourth-order valence-corrected chi connectivity index (χ4v) is 2.58. The monoisotopic (exact) mass is 401 g/mol. The van der Waals surface area contributed by atoms with Gasteiger partial charge in [-0.05, 0) is 46.4 Å². The molecule has 1 atom stereocenters. The van der Waals surface area contributed by atoms with E-state index in [4.69, 9.17) is 11.6 Å². The highest BCUT2D eigenvalue weighted by molar-refractivity contribution is 14.1. The maximum atomic E-state index is 12.3. The zero-order chi connectivity index (χ0) is 14.5. The van der Waals surface area contributed by atoms with Gasteiger partial charge in [-0.2, -0.15) is 0 Å². The van der Waals surface area contributed by atoms with E-state index in [2.05, 4.69) is 27.9 Å². The van der Waals surface area contributed by atoms with Gasteiger partial charge in [-0.3, -0.25) is 4.79 Å². The summed E-state index contributed by atoms with van der Waals surface area (Å²) in [6, 6.07) is 14.1. The van der Waals surface area contributed by atoms with E-state index in [9.17, 15) is 9.90 Å². The summed E-state index contributed by atoms with van der Waals surface area (Å²) in [5.74, 6) is -0.250. The second-order valence-corrected chi connectivity index (χ2v) is 5.84. The molecule has 2 rings (SSSR count). The highest BCUT2D eigenvalue weighted by Gasteiger charge is 2.16. The van der Waals surface area contributed by atoms with Crippen molar-refractivity contribution in [2.24, 2.45) is 0 Å². The van der Waals surface area contributed by atoms with Crippen LogP contribution in [-0.2, 0) is 0 Å². The number of benzene rings is 2. The van der Waals surface area contributed by atoms with Gasteiger partial charge in [0.25, 0.3) is 5.91 Å². The molecule has 0 aliphatic rings. The first-order chi connectivity index (χ1) is 9.61. The predicted octanol–water partition coefficient (Wildman–Crippen LogP) is 3.41. The van der Waals surface area contributed by atoms with Crippen LogP contribution in [0.4, 0.5) is 0 Å². The molecule has 3 nitrogen and oxygen atoms in total. The summed E-state index contributed by atoms with van der Waals surface area (Å²) in [7, 11) is 0. The van der Waals surface area contributed by atoms with Crippen molar-refractivity contribution in [3.8, 4) is 0 Å². The molecule has 0 aromatic heterocycles. The topological polar surface area (TPSA) is 49.3 Å². The Hall–Kier alpha value is -1.11. The zero-order valence-electron chi connectivity index (χ0n) is 10.5. The first-order valence-corrected chi connectivity index (χ1v) is 7.49. The molecule has 0 aliphatic heterocycles. The van der Waals surface area contributed by atoms with Gasteiger partial charge in [-0.1, -0.05) is 41.9 Å². The molecule has 0 saturated heterocycles. The Labute approximate surface area is 136 Å². The molecule has 0 aliphatic carbocycles. The SMILES string of the molecule is O=C(N[C@@H](CO)c1ccccc1)c1cc(Cl)ccc1I. The Morgan fingerprint density at radius 1 is 1.25 bits per heavy atom. The number of aliphatic hydroxyl groups excluding tert-OH is 1. The Balaban J connectivity index is 2.20. The summed E-state index contributed by atoms with van der Waals surface area (Å²) < 4.78 is 0.814. The molecule has 2 N–H and O–H groups in total. The van der Waals surface area contributed by atoms with Crippen LogP contribution < -0.4 is 5.32 Å². The van der Waals surface area contributed by atoms with Crippen molar-refractivity contribution in [2.45, 2.75) is 6.04 Å². The highest BCUT2D eigenvalue weighted by Crippen LogP contribution is 2.19. The number of nitrogens with one attached hydrogen (secondary N) is 1. The van der Waals surface area contributed by atoms with E-state index in [1.165, 1.54) is 0 Å². The van der Waals surface area contributed by atoms with E-state index >= 15 is 0 Å². The van der Waals surface area contributed by atoms with Crippen molar-refractivity contribution in [3.05, 3.63) is 68.3 Å². The molecule has 0 unspecified atom stereocenters. The molecule has 2 aromatic rings. The van der Waals surface area contributed by atoms with E-state index < -0.39 is 6.04 Å². The quantitative estimate of drug-likeness (QED) is 0.772. The summed E-state index contributed by atoms with van der Waals surface area (Å²) in [6.07, 6.45) is 0. The zero-order valence-corrected chi connectivity index (χ0v) is 13.4. The molecule has 0 fully saturated rings. The Kier molecular flexibility index (Phi) is 5.39. The van der Waals surface area contributed by atoms with Crippen molar-refractivity contribution in [3.63, 3.8) is 0 Å². The Morgan fingerprint density at radius 2 is 1.95 bits per heavy atom. The maximum Gasteiger partial charge on any atom is 0.252 e. The Morgan fingerprint density at radius 3 is 2.60 bits per heavy atom. The summed E-state index contributed by atoms with van der Waals surface area (Å²) in [5.41, 5.74) is 1.37. The van der Waals surface area contributed by atoms with Crippen LogP contribution in [0.1, 0.15) is 22.0 Å². The van der Waals surface area contributed by atoms with Gasteiger partial charge in [-0.25, -0.2) is 0 Å². The highest BCUT2D eigenvalue weighted by atomic mass is 127. The molecule has 1 amide bonds. The van der Waals surface area contributed by atoms with Gasteiger partial charge < -0.3 is 10.4 Å². The smallest absolute Gasteiger partial charge is 0.252 e. The van der Waals surface area contributed by atoms with Crippen LogP contribution in [0.15, 0.2) is 48.5 Å². The predicted molar refractivity (Wildman–Crippen MR) is 87.9 cm³/mol. The van der Waals surface area contributed by atoms with Crippen molar-refractivity contribution >= 4 is 40.1 Å². The molecular weight excluding hydrogens is 389 g/mol. The number of carbonyl (C=O) groups excluding carboxylic acids is 1. The lowest BCUT2D eigenvalue weighted by molar-refractivity contribution is 0.0915. The maximum absolute atomic E-state index is 12.3. The van der Waals surface area contributed by atoms with Gasteiger partial charge in [-0.15, -0.1) is 0 Å². The van der Waals surface area contributed by atoms with E-state index in [1.807, 2.05) is 30.3 Å². The van der Waals surface area contributed by atoms with Crippen LogP contribution >= 0.6 is 34.2 Å². The van der Waals surface area contributed by atoms with Gasteiger partial charge in [0.15, 0.2) is 0 Å². The lowest BCUT2D eigenvalue weighted by Crippen LogP contribution is -2.31. The van der Waals surface area contributed by atoms with Crippen molar-refractivity contribution in [2.75, 3.05) is 6.61 Å².